The Labute approximate surface area is 131 Å². The summed E-state index contributed by atoms with van der Waals surface area (Å²) in [5.41, 5.74) is 7.85. The number of nitrogens with two attached hydrogens (primary N) is 1. The van der Waals surface area contributed by atoms with Crippen LogP contribution in [0.2, 0.25) is 0 Å². The van der Waals surface area contributed by atoms with Crippen LogP contribution in [0.4, 0.5) is 0 Å². The number of nitrogens with zero attached hydrogens (tertiary/aromatic N) is 1. The van der Waals surface area contributed by atoms with Crippen molar-refractivity contribution in [1.29, 1.82) is 0 Å². The van der Waals surface area contributed by atoms with E-state index in [4.69, 9.17) is 10.2 Å². The minimum atomic E-state index is -0.492. The summed E-state index contributed by atoms with van der Waals surface area (Å²) in [5.74, 6) is 0.795. The zero-order valence-electron chi connectivity index (χ0n) is 13.1. The van der Waals surface area contributed by atoms with Crippen molar-refractivity contribution in [2.45, 2.75) is 32.6 Å². The minimum absolute atomic E-state index is 0.140. The maximum Gasteiger partial charge on any atom is 0.236 e. The minimum Gasteiger partial charge on any atom is -0.468 e. The van der Waals surface area contributed by atoms with Crippen LogP contribution >= 0.6 is 0 Å². The van der Waals surface area contributed by atoms with Gasteiger partial charge in [0.15, 0.2) is 0 Å². The van der Waals surface area contributed by atoms with Crippen LogP contribution in [0.3, 0.4) is 0 Å². The molecule has 0 aliphatic carbocycles. The lowest BCUT2D eigenvalue weighted by Gasteiger charge is -2.18. The Balaban J connectivity index is 1.97. The quantitative estimate of drug-likeness (QED) is 0.819. The molecule has 5 nitrogen and oxygen atoms in total. The number of rotatable bonds is 7. The van der Waals surface area contributed by atoms with Gasteiger partial charge in [-0.3, -0.25) is 9.69 Å². The molecule has 1 aromatic heterocycles. The summed E-state index contributed by atoms with van der Waals surface area (Å²) in [6.07, 6.45) is 1.68. The van der Waals surface area contributed by atoms with Crippen molar-refractivity contribution in [3.63, 3.8) is 0 Å². The summed E-state index contributed by atoms with van der Waals surface area (Å²) in [6.45, 7) is 3.70. The smallest absolute Gasteiger partial charge is 0.236 e. The third kappa shape index (κ3) is 4.72. The lowest BCUT2D eigenvalue weighted by Crippen LogP contribution is -2.38. The van der Waals surface area contributed by atoms with Gasteiger partial charge in [-0.15, -0.1) is 0 Å². The Morgan fingerprint density at radius 2 is 1.95 bits per heavy atom. The van der Waals surface area contributed by atoms with E-state index in [0.717, 1.165) is 24.4 Å². The first-order valence-electron chi connectivity index (χ1n) is 7.37. The molecule has 5 heteroatoms. The lowest BCUT2D eigenvalue weighted by atomic mass is 10.1. The highest BCUT2D eigenvalue weighted by Gasteiger charge is 2.10. The zero-order valence-corrected chi connectivity index (χ0v) is 13.1. The Bertz CT molecular complexity index is 594. The van der Waals surface area contributed by atoms with E-state index < -0.39 is 6.04 Å². The van der Waals surface area contributed by atoms with Crippen LogP contribution in [-0.4, -0.2) is 23.9 Å². The standard InChI is InChI=1S/C17H23N3O2/c1-13(18)17(21)19-10-14-6-3-4-7-15(14)11-20(2)12-16-8-5-9-22-16/h3-9,13H,10-12,18H2,1-2H3,(H,19,21). The first kappa shape index (κ1) is 16.3. The van der Waals surface area contributed by atoms with E-state index in [1.807, 2.05) is 37.4 Å². The highest BCUT2D eigenvalue weighted by molar-refractivity contribution is 5.80. The van der Waals surface area contributed by atoms with Gasteiger partial charge in [-0.2, -0.15) is 0 Å². The van der Waals surface area contributed by atoms with Gasteiger partial charge in [0, 0.05) is 13.1 Å². The maximum absolute atomic E-state index is 11.6. The van der Waals surface area contributed by atoms with Crippen LogP contribution in [0.1, 0.15) is 23.8 Å². The van der Waals surface area contributed by atoms with Gasteiger partial charge in [0.05, 0.1) is 18.8 Å². The van der Waals surface area contributed by atoms with Crippen molar-refractivity contribution >= 4 is 5.91 Å². The fourth-order valence-corrected chi connectivity index (χ4v) is 2.24. The largest absolute Gasteiger partial charge is 0.468 e. The number of benzene rings is 1. The Morgan fingerprint density at radius 1 is 1.23 bits per heavy atom. The zero-order chi connectivity index (χ0) is 15.9. The van der Waals surface area contributed by atoms with Crippen molar-refractivity contribution in [2.24, 2.45) is 5.73 Å². The molecule has 0 spiro atoms. The fraction of sp³-hybridized carbons (Fsp3) is 0.353. The summed E-state index contributed by atoms with van der Waals surface area (Å²) in [4.78, 5) is 13.8. The first-order chi connectivity index (χ1) is 10.6. The highest BCUT2D eigenvalue weighted by Crippen LogP contribution is 2.13. The molecule has 0 saturated heterocycles. The molecule has 22 heavy (non-hydrogen) atoms. The molecule has 118 valence electrons. The van der Waals surface area contributed by atoms with Gasteiger partial charge in [0.2, 0.25) is 5.91 Å². The molecular weight excluding hydrogens is 278 g/mol. The van der Waals surface area contributed by atoms with E-state index in [1.54, 1.807) is 13.2 Å². The van der Waals surface area contributed by atoms with Gasteiger partial charge >= 0.3 is 0 Å². The lowest BCUT2D eigenvalue weighted by molar-refractivity contribution is -0.122. The van der Waals surface area contributed by atoms with E-state index in [-0.39, 0.29) is 5.91 Å². The van der Waals surface area contributed by atoms with Crippen molar-refractivity contribution in [3.8, 4) is 0 Å². The van der Waals surface area contributed by atoms with E-state index in [1.165, 1.54) is 5.56 Å². The number of hydrogen-bond donors (Lipinski definition) is 2. The van der Waals surface area contributed by atoms with E-state index in [9.17, 15) is 4.79 Å². The second-order valence-electron chi connectivity index (χ2n) is 5.53. The SMILES string of the molecule is CC(N)C(=O)NCc1ccccc1CN(C)Cc1ccco1. The van der Waals surface area contributed by atoms with Crippen molar-refractivity contribution in [2.75, 3.05) is 7.05 Å². The molecule has 1 atom stereocenters. The summed E-state index contributed by atoms with van der Waals surface area (Å²) in [7, 11) is 2.04. The molecule has 0 fully saturated rings. The Hall–Kier alpha value is -2.11. The molecular formula is C17H23N3O2. The molecule has 0 aliphatic rings. The molecule has 2 aromatic rings. The van der Waals surface area contributed by atoms with Gasteiger partial charge in [-0.05, 0) is 37.2 Å². The molecule has 0 bridgehead atoms. The topological polar surface area (TPSA) is 71.5 Å². The molecule has 0 radical (unpaired) electrons. The summed E-state index contributed by atoms with van der Waals surface area (Å²) < 4.78 is 5.36. The molecule has 1 heterocycles. The van der Waals surface area contributed by atoms with Crippen LogP contribution in [-0.2, 0) is 24.4 Å². The Morgan fingerprint density at radius 3 is 2.59 bits per heavy atom. The van der Waals surface area contributed by atoms with E-state index >= 15 is 0 Å². The van der Waals surface area contributed by atoms with Gasteiger partial charge in [-0.1, -0.05) is 24.3 Å². The molecule has 3 N–H and O–H groups in total. The summed E-state index contributed by atoms with van der Waals surface area (Å²) in [6, 6.07) is 11.4. The predicted octanol–water partition coefficient (Wildman–Crippen LogP) is 1.87. The second-order valence-corrected chi connectivity index (χ2v) is 5.53. The molecule has 0 aliphatic heterocycles. The summed E-state index contributed by atoms with van der Waals surface area (Å²) >= 11 is 0. The third-order valence-corrected chi connectivity index (χ3v) is 3.43. The average Bonchev–Trinajstić information content (AvgIpc) is 2.98. The first-order valence-corrected chi connectivity index (χ1v) is 7.37. The normalized spacial score (nSPS) is 12.4. The second kappa shape index (κ2) is 7.77. The average molecular weight is 301 g/mol. The van der Waals surface area contributed by atoms with Gasteiger partial charge < -0.3 is 15.5 Å². The van der Waals surface area contributed by atoms with Gasteiger partial charge in [0.1, 0.15) is 5.76 Å². The van der Waals surface area contributed by atoms with Crippen molar-refractivity contribution in [1.82, 2.24) is 10.2 Å². The maximum atomic E-state index is 11.6. The molecule has 1 unspecified atom stereocenters. The van der Waals surface area contributed by atoms with Crippen LogP contribution in [0.15, 0.2) is 47.1 Å². The van der Waals surface area contributed by atoms with Crippen LogP contribution in [0.25, 0.3) is 0 Å². The predicted molar refractivity (Wildman–Crippen MR) is 85.8 cm³/mol. The molecule has 1 amide bonds. The number of carbonyl (C=O) groups excluding carboxylic acids is 1. The van der Waals surface area contributed by atoms with Crippen molar-refractivity contribution in [3.05, 3.63) is 59.5 Å². The molecule has 1 aromatic carbocycles. The Kier molecular flexibility index (Phi) is 5.75. The molecule has 0 saturated carbocycles. The monoisotopic (exact) mass is 301 g/mol. The van der Waals surface area contributed by atoms with Crippen LogP contribution < -0.4 is 11.1 Å². The number of nitrogens with one attached hydrogen (secondary N) is 1. The van der Waals surface area contributed by atoms with E-state index in [2.05, 4.69) is 16.3 Å². The number of furan rings is 1. The van der Waals surface area contributed by atoms with E-state index in [0.29, 0.717) is 6.54 Å². The van der Waals surface area contributed by atoms with Crippen LogP contribution in [0, 0.1) is 0 Å². The van der Waals surface area contributed by atoms with Gasteiger partial charge in [0.25, 0.3) is 0 Å². The number of carbonyl (C=O) groups is 1. The van der Waals surface area contributed by atoms with Gasteiger partial charge in [-0.25, -0.2) is 0 Å². The highest BCUT2D eigenvalue weighted by atomic mass is 16.3. The third-order valence-electron chi connectivity index (χ3n) is 3.43. The van der Waals surface area contributed by atoms with Crippen LogP contribution in [0.5, 0.6) is 0 Å². The summed E-state index contributed by atoms with van der Waals surface area (Å²) in [5, 5.41) is 2.86. The fourth-order valence-electron chi connectivity index (χ4n) is 2.24. The number of hydrogen-bond acceptors (Lipinski definition) is 4. The molecule has 2 rings (SSSR count). The van der Waals surface area contributed by atoms with Crippen molar-refractivity contribution < 1.29 is 9.21 Å². The number of amides is 1.